The van der Waals surface area contributed by atoms with Gasteiger partial charge in [-0.2, -0.15) is 0 Å². The topological polar surface area (TPSA) is 117 Å². The summed E-state index contributed by atoms with van der Waals surface area (Å²) in [5.74, 6) is -1.37. The Morgan fingerprint density at radius 2 is 1.92 bits per heavy atom. The van der Waals surface area contributed by atoms with Gasteiger partial charge in [0.1, 0.15) is 17.4 Å². The van der Waals surface area contributed by atoms with Crippen molar-refractivity contribution in [1.82, 2.24) is 10.2 Å². The molecule has 2 unspecified atom stereocenters. The number of hydrogen-bond acceptors (Lipinski definition) is 6. The van der Waals surface area contributed by atoms with E-state index in [2.05, 4.69) is 17.6 Å². The van der Waals surface area contributed by atoms with E-state index in [-0.39, 0.29) is 30.2 Å². The second kappa shape index (κ2) is 12.0. The highest BCUT2D eigenvalue weighted by molar-refractivity contribution is 6.02. The van der Waals surface area contributed by atoms with Crippen LogP contribution in [0.2, 0.25) is 0 Å². The Kier molecular flexibility index (Phi) is 8.98. The Morgan fingerprint density at radius 3 is 2.55 bits per heavy atom. The van der Waals surface area contributed by atoms with Gasteiger partial charge in [-0.15, -0.1) is 0 Å². The first-order valence-electron chi connectivity index (χ1n) is 14.2. The number of aliphatic hydroxyl groups is 1. The van der Waals surface area contributed by atoms with Gasteiger partial charge in [0.05, 0.1) is 37.2 Å². The molecule has 3 fully saturated rings. The Morgan fingerprint density at radius 1 is 1.18 bits per heavy atom. The van der Waals surface area contributed by atoms with Gasteiger partial charge in [-0.1, -0.05) is 33.6 Å². The van der Waals surface area contributed by atoms with E-state index in [9.17, 15) is 19.5 Å². The molecule has 0 aliphatic carbocycles. The van der Waals surface area contributed by atoms with Crippen molar-refractivity contribution in [3.05, 3.63) is 24.3 Å². The number of likely N-dealkylation sites (tertiary alicyclic amines) is 1. The number of hydrogen-bond donors (Lipinski definition) is 3. The lowest BCUT2D eigenvalue weighted by atomic mass is 9.70. The molecular formula is C29H43N3O6. The highest BCUT2D eigenvalue weighted by Crippen LogP contribution is 2.59. The highest BCUT2D eigenvalue weighted by atomic mass is 16.5. The molecule has 1 spiro atoms. The molecule has 3 aliphatic rings. The van der Waals surface area contributed by atoms with Crippen LogP contribution in [0, 0.1) is 17.8 Å². The first-order chi connectivity index (χ1) is 18.3. The SMILES string of the molecule is CCCCCNC(=O)C1N([C@@H](CO)CC(C)C)C(=O)[C@@H]2[C@H](C(=O)Nc3ccc(OCC)cc3)[C@@H]3CCC12O3. The zero-order valence-corrected chi connectivity index (χ0v) is 23.1. The number of anilines is 1. The molecule has 1 aromatic carbocycles. The standard InChI is InChI=1S/C29H43N3O6/c1-5-7-8-15-30-27(35)25-29-14-13-22(38-29)23(24(29)28(36)32(25)20(17-33)16-18(3)4)26(34)31-19-9-11-21(12-10-19)37-6-2/h9-12,18,20,22-25,33H,5-8,13-17H2,1-4H3,(H,30,35)(H,31,34)/t20-,22+,23-,24+,25?,29?/m1/s1. The maximum absolute atomic E-state index is 14.1. The summed E-state index contributed by atoms with van der Waals surface area (Å²) in [6.07, 6.45) is 4.15. The third kappa shape index (κ3) is 5.27. The normalized spacial score (nSPS) is 28.5. The van der Waals surface area contributed by atoms with E-state index < -0.39 is 35.6 Å². The molecule has 3 amide bonds. The van der Waals surface area contributed by atoms with Gasteiger partial charge in [-0.25, -0.2) is 0 Å². The number of fused-ring (bicyclic) bond motifs is 1. The summed E-state index contributed by atoms with van der Waals surface area (Å²) in [4.78, 5) is 42.9. The van der Waals surface area contributed by atoms with Gasteiger partial charge in [0.15, 0.2) is 0 Å². The van der Waals surface area contributed by atoms with Crippen molar-refractivity contribution in [1.29, 1.82) is 0 Å². The van der Waals surface area contributed by atoms with E-state index in [1.54, 1.807) is 29.2 Å². The van der Waals surface area contributed by atoms with Crippen LogP contribution in [0.1, 0.15) is 66.2 Å². The average molecular weight is 530 g/mol. The first-order valence-corrected chi connectivity index (χ1v) is 14.2. The quantitative estimate of drug-likeness (QED) is 0.338. The minimum absolute atomic E-state index is 0.210. The van der Waals surface area contributed by atoms with Crippen molar-refractivity contribution in [2.24, 2.45) is 17.8 Å². The predicted molar refractivity (Wildman–Crippen MR) is 144 cm³/mol. The van der Waals surface area contributed by atoms with Crippen LogP contribution in [0.5, 0.6) is 5.75 Å². The number of unbranched alkanes of at least 4 members (excludes halogenated alkanes) is 2. The van der Waals surface area contributed by atoms with E-state index in [1.807, 2.05) is 20.8 Å². The molecule has 3 saturated heterocycles. The van der Waals surface area contributed by atoms with Gasteiger partial charge in [0.25, 0.3) is 0 Å². The summed E-state index contributed by atoms with van der Waals surface area (Å²) in [6, 6.07) is 5.73. The number of benzene rings is 1. The predicted octanol–water partition coefficient (Wildman–Crippen LogP) is 3.11. The molecule has 9 heteroatoms. The minimum Gasteiger partial charge on any atom is -0.494 e. The second-order valence-corrected chi connectivity index (χ2v) is 11.2. The van der Waals surface area contributed by atoms with E-state index in [1.165, 1.54) is 0 Å². The molecule has 0 aromatic heterocycles. The fourth-order valence-corrected chi connectivity index (χ4v) is 6.61. The molecule has 2 bridgehead atoms. The molecule has 4 rings (SSSR count). The van der Waals surface area contributed by atoms with Crippen molar-refractivity contribution >= 4 is 23.4 Å². The Bertz CT molecular complexity index is 999. The fraction of sp³-hybridized carbons (Fsp3) is 0.690. The highest BCUT2D eigenvalue weighted by Gasteiger charge is 2.75. The number of nitrogens with zero attached hydrogens (tertiary/aromatic N) is 1. The lowest BCUT2D eigenvalue weighted by Gasteiger charge is -2.37. The molecule has 210 valence electrons. The number of rotatable bonds is 13. The molecule has 1 aromatic rings. The number of nitrogens with one attached hydrogen (secondary N) is 2. The molecule has 6 atom stereocenters. The van der Waals surface area contributed by atoms with E-state index in [0.29, 0.717) is 43.9 Å². The van der Waals surface area contributed by atoms with Gasteiger partial charge in [0.2, 0.25) is 17.7 Å². The molecule has 3 heterocycles. The maximum Gasteiger partial charge on any atom is 0.245 e. The molecule has 3 aliphatic heterocycles. The third-order valence-corrected chi connectivity index (χ3v) is 8.15. The van der Waals surface area contributed by atoms with Crippen LogP contribution in [0.25, 0.3) is 0 Å². The number of amides is 3. The second-order valence-electron chi connectivity index (χ2n) is 11.2. The molecule has 0 radical (unpaired) electrons. The third-order valence-electron chi connectivity index (χ3n) is 8.15. The van der Waals surface area contributed by atoms with Gasteiger partial charge in [-0.05, 0) is 62.8 Å². The van der Waals surface area contributed by atoms with Crippen molar-refractivity contribution in [2.45, 2.75) is 90.0 Å². The van der Waals surface area contributed by atoms with Crippen molar-refractivity contribution in [2.75, 3.05) is 25.1 Å². The lowest BCUT2D eigenvalue weighted by Crippen LogP contribution is -2.58. The van der Waals surface area contributed by atoms with Crippen LogP contribution < -0.4 is 15.4 Å². The first kappa shape index (κ1) is 28.4. The molecule has 3 N–H and O–H groups in total. The minimum atomic E-state index is -1.07. The van der Waals surface area contributed by atoms with Gasteiger partial charge >= 0.3 is 0 Å². The Hall–Kier alpha value is -2.65. The molecule has 0 saturated carbocycles. The molecule has 9 nitrogen and oxygen atoms in total. The summed E-state index contributed by atoms with van der Waals surface area (Å²) in [5, 5.41) is 16.3. The lowest BCUT2D eigenvalue weighted by molar-refractivity contribution is -0.145. The summed E-state index contributed by atoms with van der Waals surface area (Å²) in [5.41, 5.74) is -0.460. The number of carbonyl (C=O) groups is 3. The van der Waals surface area contributed by atoms with Crippen LogP contribution in [0.4, 0.5) is 5.69 Å². The fourth-order valence-electron chi connectivity index (χ4n) is 6.61. The van der Waals surface area contributed by atoms with Crippen molar-refractivity contribution in [3.63, 3.8) is 0 Å². The van der Waals surface area contributed by atoms with Crippen LogP contribution in [-0.4, -0.2) is 71.3 Å². The van der Waals surface area contributed by atoms with Crippen LogP contribution in [-0.2, 0) is 19.1 Å². The summed E-state index contributed by atoms with van der Waals surface area (Å²) in [6.45, 7) is 8.88. The van der Waals surface area contributed by atoms with E-state index >= 15 is 0 Å². The monoisotopic (exact) mass is 529 g/mol. The number of ether oxygens (including phenoxy) is 2. The molecule has 38 heavy (non-hydrogen) atoms. The van der Waals surface area contributed by atoms with Gasteiger partial charge < -0.3 is 30.1 Å². The number of carbonyl (C=O) groups excluding carboxylic acids is 3. The zero-order valence-electron chi connectivity index (χ0n) is 23.1. The van der Waals surface area contributed by atoms with E-state index in [0.717, 1.165) is 19.3 Å². The smallest absolute Gasteiger partial charge is 0.245 e. The summed E-state index contributed by atoms with van der Waals surface area (Å²) >= 11 is 0. The maximum atomic E-state index is 14.1. The molecular weight excluding hydrogens is 486 g/mol. The van der Waals surface area contributed by atoms with Gasteiger partial charge in [0, 0.05) is 12.2 Å². The zero-order chi connectivity index (χ0) is 27.4. The average Bonchev–Trinajstić information content (AvgIpc) is 3.53. The Labute approximate surface area is 225 Å². The van der Waals surface area contributed by atoms with Crippen molar-refractivity contribution < 1.29 is 29.0 Å². The van der Waals surface area contributed by atoms with Crippen LogP contribution in [0.15, 0.2) is 24.3 Å². The summed E-state index contributed by atoms with van der Waals surface area (Å²) < 4.78 is 12.0. The van der Waals surface area contributed by atoms with Crippen LogP contribution in [0.3, 0.4) is 0 Å². The largest absolute Gasteiger partial charge is 0.494 e. The Balaban J connectivity index is 1.61. The van der Waals surface area contributed by atoms with Crippen LogP contribution >= 0.6 is 0 Å². The summed E-state index contributed by atoms with van der Waals surface area (Å²) in [7, 11) is 0. The van der Waals surface area contributed by atoms with E-state index in [4.69, 9.17) is 9.47 Å². The van der Waals surface area contributed by atoms with Gasteiger partial charge in [-0.3, -0.25) is 14.4 Å². The van der Waals surface area contributed by atoms with Crippen molar-refractivity contribution in [3.8, 4) is 5.75 Å². The number of aliphatic hydroxyl groups excluding tert-OH is 1.